The van der Waals surface area contributed by atoms with Crippen LogP contribution in [0, 0.1) is 0 Å². The fraction of sp³-hybridized carbons (Fsp3) is 0.385. The van der Waals surface area contributed by atoms with Gasteiger partial charge in [-0.2, -0.15) is 0 Å². The molecule has 0 saturated carbocycles. The number of hydrogen-bond acceptors (Lipinski definition) is 3. The summed E-state index contributed by atoms with van der Waals surface area (Å²) in [5.74, 6) is 2.22. The largest absolute Gasteiger partial charge is 0.499 e. The van der Waals surface area contributed by atoms with Crippen LogP contribution in [0.4, 0.5) is 0 Å². The summed E-state index contributed by atoms with van der Waals surface area (Å²) < 4.78 is 15.7. The molecule has 16 heavy (non-hydrogen) atoms. The average molecular weight is 222 g/mol. The number of rotatable bonds is 6. The molecule has 0 heterocycles. The van der Waals surface area contributed by atoms with E-state index in [0.29, 0.717) is 6.61 Å². The first-order chi connectivity index (χ1) is 7.67. The van der Waals surface area contributed by atoms with E-state index in [2.05, 4.69) is 6.58 Å². The quantitative estimate of drug-likeness (QED) is 0.693. The van der Waals surface area contributed by atoms with E-state index in [4.69, 9.17) is 14.2 Å². The van der Waals surface area contributed by atoms with Crippen molar-refractivity contribution >= 4 is 0 Å². The molecule has 0 aliphatic rings. The Hall–Kier alpha value is -1.64. The lowest BCUT2D eigenvalue weighted by Crippen LogP contribution is -1.98. The molecule has 1 aromatic carbocycles. The first-order valence-corrected chi connectivity index (χ1v) is 5.16. The molecule has 3 heteroatoms. The van der Waals surface area contributed by atoms with E-state index in [1.54, 1.807) is 14.2 Å². The summed E-state index contributed by atoms with van der Waals surface area (Å²) >= 11 is 0. The Kier molecular flexibility index (Phi) is 4.70. The summed E-state index contributed by atoms with van der Waals surface area (Å²) in [4.78, 5) is 0. The molecular formula is C13H18O3. The summed E-state index contributed by atoms with van der Waals surface area (Å²) in [5.41, 5.74) is 1.15. The second-order valence-electron chi connectivity index (χ2n) is 3.49. The van der Waals surface area contributed by atoms with Crippen molar-refractivity contribution in [1.82, 2.24) is 0 Å². The molecule has 1 rings (SSSR count). The van der Waals surface area contributed by atoms with Crippen LogP contribution in [0.25, 0.3) is 0 Å². The highest BCUT2D eigenvalue weighted by Gasteiger charge is 2.04. The molecule has 0 unspecified atom stereocenters. The summed E-state index contributed by atoms with van der Waals surface area (Å²) in [6.07, 6.45) is 0.827. The average Bonchev–Trinajstić information content (AvgIpc) is 2.28. The van der Waals surface area contributed by atoms with E-state index in [9.17, 15) is 0 Å². The Labute approximate surface area is 96.6 Å². The van der Waals surface area contributed by atoms with Crippen LogP contribution in [0.1, 0.15) is 12.5 Å². The van der Waals surface area contributed by atoms with Gasteiger partial charge in [0.1, 0.15) is 0 Å². The van der Waals surface area contributed by atoms with Crippen molar-refractivity contribution in [3.8, 4) is 11.5 Å². The first kappa shape index (κ1) is 12.4. The third-order valence-electron chi connectivity index (χ3n) is 2.19. The summed E-state index contributed by atoms with van der Waals surface area (Å²) in [7, 11) is 3.26. The zero-order chi connectivity index (χ0) is 12.0. The van der Waals surface area contributed by atoms with Crippen LogP contribution in [0.5, 0.6) is 11.5 Å². The van der Waals surface area contributed by atoms with E-state index in [0.717, 1.165) is 29.2 Å². The normalized spacial score (nSPS) is 9.69. The Morgan fingerprint density at radius 3 is 2.44 bits per heavy atom. The van der Waals surface area contributed by atoms with Gasteiger partial charge in [-0.1, -0.05) is 12.6 Å². The third kappa shape index (κ3) is 3.50. The molecule has 0 N–H and O–H groups in total. The number of benzene rings is 1. The molecule has 0 aliphatic carbocycles. The minimum absolute atomic E-state index is 0.630. The minimum Gasteiger partial charge on any atom is -0.499 e. The number of ether oxygens (including phenoxy) is 3. The second-order valence-corrected chi connectivity index (χ2v) is 3.49. The molecule has 3 nitrogen and oxygen atoms in total. The highest BCUT2D eigenvalue weighted by molar-refractivity contribution is 5.42. The van der Waals surface area contributed by atoms with Crippen LogP contribution in [-0.2, 0) is 11.2 Å². The molecule has 0 bridgehead atoms. The lowest BCUT2D eigenvalue weighted by molar-refractivity contribution is 0.219. The van der Waals surface area contributed by atoms with Gasteiger partial charge in [-0.05, 0) is 24.6 Å². The Morgan fingerprint density at radius 2 is 1.88 bits per heavy atom. The maximum Gasteiger partial charge on any atom is 0.160 e. The van der Waals surface area contributed by atoms with Crippen LogP contribution < -0.4 is 9.47 Å². The molecule has 0 amide bonds. The number of hydrogen-bond donors (Lipinski definition) is 0. The molecule has 0 aromatic heterocycles. The highest BCUT2D eigenvalue weighted by atomic mass is 16.5. The van der Waals surface area contributed by atoms with Gasteiger partial charge in [0.05, 0.1) is 26.6 Å². The van der Waals surface area contributed by atoms with E-state index in [1.165, 1.54) is 0 Å². The minimum atomic E-state index is 0.630. The summed E-state index contributed by atoms with van der Waals surface area (Å²) in [6, 6.07) is 5.86. The van der Waals surface area contributed by atoms with Gasteiger partial charge in [-0.25, -0.2) is 0 Å². The molecule has 1 aromatic rings. The van der Waals surface area contributed by atoms with Gasteiger partial charge in [-0.3, -0.25) is 0 Å². The van der Waals surface area contributed by atoms with Gasteiger partial charge in [0.25, 0.3) is 0 Å². The predicted molar refractivity (Wildman–Crippen MR) is 64.0 cm³/mol. The second kappa shape index (κ2) is 6.05. The van der Waals surface area contributed by atoms with E-state index < -0.39 is 0 Å². The van der Waals surface area contributed by atoms with E-state index in [-0.39, 0.29) is 0 Å². The van der Waals surface area contributed by atoms with Crippen molar-refractivity contribution in [2.75, 3.05) is 20.8 Å². The van der Waals surface area contributed by atoms with Gasteiger partial charge >= 0.3 is 0 Å². The van der Waals surface area contributed by atoms with Gasteiger partial charge in [0.2, 0.25) is 0 Å². The van der Waals surface area contributed by atoms with Crippen molar-refractivity contribution < 1.29 is 14.2 Å². The number of methoxy groups -OCH3 is 2. The smallest absolute Gasteiger partial charge is 0.160 e. The highest BCUT2D eigenvalue weighted by Crippen LogP contribution is 2.27. The van der Waals surface area contributed by atoms with E-state index >= 15 is 0 Å². The molecule has 0 saturated heterocycles. The SMILES string of the molecule is C=C(C)OCCc1ccc(OC)c(OC)c1. The molecule has 0 fully saturated rings. The van der Waals surface area contributed by atoms with Crippen molar-refractivity contribution in [2.45, 2.75) is 13.3 Å². The summed E-state index contributed by atoms with van der Waals surface area (Å²) in [5, 5.41) is 0. The molecule has 0 atom stereocenters. The number of allylic oxidation sites excluding steroid dienone is 1. The standard InChI is InChI=1S/C13H18O3/c1-10(2)16-8-7-11-5-6-12(14-3)13(9-11)15-4/h5-6,9H,1,7-8H2,2-4H3. The maximum atomic E-state index is 5.31. The van der Waals surface area contributed by atoms with Crippen molar-refractivity contribution in [3.05, 3.63) is 36.1 Å². The Bertz CT molecular complexity index is 358. The fourth-order valence-electron chi connectivity index (χ4n) is 1.38. The van der Waals surface area contributed by atoms with Crippen LogP contribution in [-0.4, -0.2) is 20.8 Å². The van der Waals surface area contributed by atoms with Crippen LogP contribution in [0.2, 0.25) is 0 Å². The van der Waals surface area contributed by atoms with Crippen LogP contribution in [0.15, 0.2) is 30.5 Å². The first-order valence-electron chi connectivity index (χ1n) is 5.16. The fourth-order valence-corrected chi connectivity index (χ4v) is 1.38. The van der Waals surface area contributed by atoms with Gasteiger partial charge in [-0.15, -0.1) is 0 Å². The van der Waals surface area contributed by atoms with Crippen molar-refractivity contribution in [3.63, 3.8) is 0 Å². The molecule has 0 aliphatic heterocycles. The molecule has 88 valence electrons. The van der Waals surface area contributed by atoms with Gasteiger partial charge in [0.15, 0.2) is 11.5 Å². The van der Waals surface area contributed by atoms with Crippen molar-refractivity contribution in [1.29, 1.82) is 0 Å². The Balaban J connectivity index is 2.64. The lowest BCUT2D eigenvalue weighted by atomic mass is 10.1. The summed E-state index contributed by atoms with van der Waals surface area (Å²) in [6.45, 7) is 6.15. The van der Waals surface area contributed by atoms with Gasteiger partial charge in [0, 0.05) is 6.42 Å². The topological polar surface area (TPSA) is 27.7 Å². The molecular weight excluding hydrogens is 204 g/mol. The van der Waals surface area contributed by atoms with Crippen LogP contribution in [0.3, 0.4) is 0 Å². The van der Waals surface area contributed by atoms with Crippen molar-refractivity contribution in [2.24, 2.45) is 0 Å². The molecule has 0 spiro atoms. The zero-order valence-corrected chi connectivity index (χ0v) is 10.1. The lowest BCUT2D eigenvalue weighted by Gasteiger charge is -2.10. The molecule has 0 radical (unpaired) electrons. The monoisotopic (exact) mass is 222 g/mol. The van der Waals surface area contributed by atoms with Gasteiger partial charge < -0.3 is 14.2 Å². The maximum absolute atomic E-state index is 5.31. The van der Waals surface area contributed by atoms with Crippen LogP contribution >= 0.6 is 0 Å². The zero-order valence-electron chi connectivity index (χ0n) is 10.1. The predicted octanol–water partition coefficient (Wildman–Crippen LogP) is 2.80. The Morgan fingerprint density at radius 1 is 1.19 bits per heavy atom. The van der Waals surface area contributed by atoms with E-state index in [1.807, 2.05) is 25.1 Å². The third-order valence-corrected chi connectivity index (χ3v) is 2.19.